The van der Waals surface area contributed by atoms with Crippen molar-refractivity contribution in [2.45, 2.75) is 142 Å². The number of fused-ring (bicyclic) bond motifs is 1. The number of halogens is 1. The van der Waals surface area contributed by atoms with E-state index in [1.165, 1.54) is 96.3 Å². The van der Waals surface area contributed by atoms with Gasteiger partial charge in [-0.05, 0) is 30.5 Å². The fourth-order valence-corrected chi connectivity index (χ4v) is 5.22. The second-order valence-corrected chi connectivity index (χ2v) is 11.2. The molecule has 0 spiro atoms. The van der Waals surface area contributed by atoms with Gasteiger partial charge in [-0.2, -0.15) is 4.98 Å². The first-order valence-corrected chi connectivity index (χ1v) is 15.9. The van der Waals surface area contributed by atoms with Crippen molar-refractivity contribution in [3.8, 4) is 0 Å². The summed E-state index contributed by atoms with van der Waals surface area (Å²) in [6.45, 7) is 3.18. The van der Waals surface area contributed by atoms with Crippen LogP contribution in [0.25, 0.3) is 11.0 Å². The van der Waals surface area contributed by atoms with Crippen LogP contribution in [0.5, 0.6) is 0 Å². The molecule has 0 amide bonds. The van der Waals surface area contributed by atoms with Crippen LogP contribution < -0.4 is 5.73 Å². The molecule has 7 nitrogen and oxygen atoms in total. The van der Waals surface area contributed by atoms with Crippen LogP contribution in [-0.4, -0.2) is 40.3 Å². The summed E-state index contributed by atoms with van der Waals surface area (Å²) in [7, 11) is 1.64. The van der Waals surface area contributed by atoms with Crippen LogP contribution in [0.4, 0.5) is 5.82 Å². The zero-order valence-electron chi connectivity index (χ0n) is 24.6. The molecule has 2 rings (SSSR count). The number of hydrogen-bond acceptors (Lipinski definition) is 6. The molecule has 0 radical (unpaired) electrons. The Morgan fingerprint density at radius 1 is 0.897 bits per heavy atom. The molecule has 0 bridgehead atoms. The fraction of sp³-hybridized carbons (Fsp3) is 0.774. The van der Waals surface area contributed by atoms with Gasteiger partial charge in [0.1, 0.15) is 18.1 Å². The van der Waals surface area contributed by atoms with E-state index in [2.05, 4.69) is 16.9 Å². The molecule has 2 heterocycles. The number of rotatable bonds is 24. The highest BCUT2D eigenvalue weighted by Gasteiger charge is 2.14. The minimum Gasteiger partial charge on any atom is -0.463 e. The Morgan fingerprint density at radius 3 is 1.97 bits per heavy atom. The molecule has 0 saturated carbocycles. The maximum absolute atomic E-state index is 12.2. The number of nitrogens with two attached hydrogens (primary N) is 1. The Labute approximate surface area is 241 Å². The molecular formula is C31H53ClN4O3. The molecule has 0 aliphatic carbocycles. The van der Waals surface area contributed by atoms with Crippen LogP contribution in [0.15, 0.2) is 12.3 Å². The van der Waals surface area contributed by atoms with Gasteiger partial charge in [0.05, 0.1) is 11.5 Å². The summed E-state index contributed by atoms with van der Waals surface area (Å²) in [5, 5.41) is 0.899. The highest BCUT2D eigenvalue weighted by atomic mass is 35.5. The minimum absolute atomic E-state index is 0.126. The summed E-state index contributed by atoms with van der Waals surface area (Å²) < 4.78 is 13.0. The third-order valence-corrected chi connectivity index (χ3v) is 7.73. The number of aromatic nitrogens is 3. The van der Waals surface area contributed by atoms with Gasteiger partial charge in [-0.25, -0.2) is 4.98 Å². The lowest BCUT2D eigenvalue weighted by atomic mass is 10.0. The standard InChI is InChI=1S/C31H53ClN4O3/c1-3-4-5-6-7-8-9-10-11-12-13-14-15-16-17-18-19-20-28(37)39-25-26(38-2)21-23-36-24-22-27-29(33)34-31(32)35-30(27)36/h22,24,26H,3-21,23,25H2,1-2H3,(H2,33,34,35). The molecule has 0 aliphatic rings. The lowest BCUT2D eigenvalue weighted by Crippen LogP contribution is -2.22. The van der Waals surface area contributed by atoms with Crippen molar-refractivity contribution in [1.29, 1.82) is 0 Å². The number of anilines is 1. The molecule has 8 heteroatoms. The van der Waals surface area contributed by atoms with Gasteiger partial charge in [-0.3, -0.25) is 4.79 Å². The van der Waals surface area contributed by atoms with E-state index in [4.69, 9.17) is 26.8 Å². The number of carbonyl (C=O) groups excluding carboxylic acids is 1. The second-order valence-electron chi connectivity index (χ2n) is 10.9. The largest absolute Gasteiger partial charge is 0.463 e. The van der Waals surface area contributed by atoms with Crippen molar-refractivity contribution in [2.24, 2.45) is 0 Å². The van der Waals surface area contributed by atoms with Crippen molar-refractivity contribution in [1.82, 2.24) is 14.5 Å². The summed E-state index contributed by atoms with van der Waals surface area (Å²) in [5.41, 5.74) is 6.62. The second kappa shape index (κ2) is 21.0. The number of esters is 1. The highest BCUT2D eigenvalue weighted by Crippen LogP contribution is 2.21. The predicted octanol–water partition coefficient (Wildman–Crippen LogP) is 8.66. The normalized spacial score (nSPS) is 12.3. The Balaban J connectivity index is 1.42. The van der Waals surface area contributed by atoms with Crippen LogP contribution in [0.3, 0.4) is 0 Å². The van der Waals surface area contributed by atoms with E-state index in [9.17, 15) is 4.79 Å². The predicted molar refractivity (Wildman–Crippen MR) is 162 cm³/mol. The zero-order valence-corrected chi connectivity index (χ0v) is 25.4. The van der Waals surface area contributed by atoms with Crippen molar-refractivity contribution < 1.29 is 14.3 Å². The monoisotopic (exact) mass is 564 g/mol. The average molecular weight is 565 g/mol. The van der Waals surface area contributed by atoms with Crippen molar-refractivity contribution in [2.75, 3.05) is 19.5 Å². The molecule has 0 fully saturated rings. The Bertz CT molecular complexity index is 921. The first-order valence-electron chi connectivity index (χ1n) is 15.5. The van der Waals surface area contributed by atoms with Crippen LogP contribution >= 0.6 is 11.6 Å². The molecule has 0 aromatic carbocycles. The van der Waals surface area contributed by atoms with E-state index in [1.807, 2.05) is 16.8 Å². The van der Waals surface area contributed by atoms with E-state index < -0.39 is 0 Å². The Hall–Kier alpha value is -1.86. The van der Waals surface area contributed by atoms with E-state index >= 15 is 0 Å². The number of nitrogens with zero attached hydrogens (tertiary/aromatic N) is 3. The van der Waals surface area contributed by atoms with Crippen LogP contribution in [0.1, 0.15) is 129 Å². The van der Waals surface area contributed by atoms with Crippen molar-refractivity contribution in [3.63, 3.8) is 0 Å². The van der Waals surface area contributed by atoms with Gasteiger partial charge in [0.25, 0.3) is 0 Å². The number of ether oxygens (including phenoxy) is 2. The van der Waals surface area contributed by atoms with Gasteiger partial charge < -0.3 is 19.8 Å². The van der Waals surface area contributed by atoms with Gasteiger partial charge in [0, 0.05) is 26.3 Å². The zero-order chi connectivity index (χ0) is 28.1. The SMILES string of the molecule is CCCCCCCCCCCCCCCCCCCC(=O)OCC(CCn1ccc2c(N)nc(Cl)nc21)OC. The average Bonchev–Trinajstić information content (AvgIpc) is 3.33. The fourth-order valence-electron chi connectivity index (χ4n) is 5.05. The Kier molecular flexibility index (Phi) is 17.9. The third-order valence-electron chi connectivity index (χ3n) is 7.56. The summed E-state index contributed by atoms with van der Waals surface area (Å²) in [6.07, 6.45) is 25.5. The van der Waals surface area contributed by atoms with E-state index in [1.54, 1.807) is 7.11 Å². The van der Waals surface area contributed by atoms with Gasteiger partial charge in [-0.1, -0.05) is 110 Å². The molecule has 1 atom stereocenters. The molecule has 39 heavy (non-hydrogen) atoms. The van der Waals surface area contributed by atoms with Crippen molar-refractivity contribution >= 4 is 34.4 Å². The number of unbranched alkanes of at least 4 members (excludes halogenated alkanes) is 16. The number of hydrogen-bond donors (Lipinski definition) is 1. The first kappa shape index (κ1) is 33.3. The highest BCUT2D eigenvalue weighted by molar-refractivity contribution is 6.28. The molecule has 1 unspecified atom stereocenters. The Morgan fingerprint density at radius 2 is 1.44 bits per heavy atom. The lowest BCUT2D eigenvalue weighted by Gasteiger charge is -2.16. The third kappa shape index (κ3) is 14.4. The van der Waals surface area contributed by atoms with Gasteiger partial charge >= 0.3 is 5.97 Å². The maximum Gasteiger partial charge on any atom is 0.305 e. The van der Waals surface area contributed by atoms with E-state index in [-0.39, 0.29) is 24.0 Å². The summed E-state index contributed by atoms with van der Waals surface area (Å²) in [5.74, 6) is 0.224. The summed E-state index contributed by atoms with van der Waals surface area (Å²) in [4.78, 5) is 20.4. The molecule has 0 aliphatic heterocycles. The number of methoxy groups -OCH3 is 1. The topological polar surface area (TPSA) is 92.3 Å². The van der Waals surface area contributed by atoms with Crippen molar-refractivity contribution in [3.05, 3.63) is 17.5 Å². The minimum atomic E-state index is -0.184. The van der Waals surface area contributed by atoms with Gasteiger partial charge in [0.15, 0.2) is 0 Å². The molecular weight excluding hydrogens is 512 g/mol. The van der Waals surface area contributed by atoms with E-state index in [0.29, 0.717) is 30.9 Å². The maximum atomic E-state index is 12.2. The lowest BCUT2D eigenvalue weighted by molar-refractivity contribution is -0.147. The van der Waals surface area contributed by atoms with Crippen LogP contribution in [0, 0.1) is 0 Å². The van der Waals surface area contributed by atoms with Crippen LogP contribution in [-0.2, 0) is 20.8 Å². The number of aryl methyl sites for hydroxylation is 1. The molecule has 0 saturated heterocycles. The summed E-state index contributed by atoms with van der Waals surface area (Å²) in [6, 6.07) is 1.88. The van der Waals surface area contributed by atoms with Gasteiger partial charge in [0.2, 0.25) is 5.28 Å². The number of carbonyl (C=O) groups is 1. The summed E-state index contributed by atoms with van der Waals surface area (Å²) >= 11 is 5.96. The smallest absolute Gasteiger partial charge is 0.305 e. The van der Waals surface area contributed by atoms with E-state index in [0.717, 1.165) is 18.2 Å². The quantitative estimate of drug-likeness (QED) is 0.0778. The van der Waals surface area contributed by atoms with Crippen LogP contribution in [0.2, 0.25) is 5.28 Å². The molecule has 2 N–H and O–H groups in total. The van der Waals surface area contributed by atoms with Gasteiger partial charge in [-0.15, -0.1) is 0 Å². The molecule has 2 aromatic heterocycles. The molecule has 222 valence electrons. The first-order chi connectivity index (χ1) is 19.0. The molecule has 2 aromatic rings. The number of nitrogen functional groups attached to an aromatic ring is 1.